The minimum Gasteiger partial charge on any atom is -0.508 e. The van der Waals surface area contributed by atoms with Crippen molar-refractivity contribution < 1.29 is 15.0 Å². The summed E-state index contributed by atoms with van der Waals surface area (Å²) in [5.41, 5.74) is 1.91. The molecule has 0 spiro atoms. The SMILES string of the molecule is CC#CC(=O)c1c(O)cc(O)cc1CCc1ccccc1. The molecule has 3 nitrogen and oxygen atoms in total. The first-order valence-corrected chi connectivity index (χ1v) is 6.67. The van der Waals surface area contributed by atoms with Gasteiger partial charge >= 0.3 is 0 Å². The number of phenols is 2. The van der Waals surface area contributed by atoms with Crippen LogP contribution in [0.5, 0.6) is 11.5 Å². The van der Waals surface area contributed by atoms with E-state index in [2.05, 4.69) is 11.8 Å². The Morgan fingerprint density at radius 2 is 1.81 bits per heavy atom. The van der Waals surface area contributed by atoms with Crippen LogP contribution in [-0.2, 0) is 12.8 Å². The fraction of sp³-hybridized carbons (Fsp3) is 0.167. The predicted molar refractivity (Wildman–Crippen MR) is 81.4 cm³/mol. The molecule has 2 aromatic carbocycles. The Morgan fingerprint density at radius 3 is 2.48 bits per heavy atom. The molecule has 2 N–H and O–H groups in total. The number of hydrogen-bond acceptors (Lipinski definition) is 3. The summed E-state index contributed by atoms with van der Waals surface area (Å²) in [5.74, 6) is 4.24. The molecule has 0 fully saturated rings. The topological polar surface area (TPSA) is 57.5 Å². The molecule has 106 valence electrons. The van der Waals surface area contributed by atoms with Crippen LogP contribution < -0.4 is 0 Å². The molecule has 0 aromatic heterocycles. The van der Waals surface area contributed by atoms with Gasteiger partial charge in [0.05, 0.1) is 5.56 Å². The second-order valence-electron chi connectivity index (χ2n) is 4.69. The summed E-state index contributed by atoms with van der Waals surface area (Å²) < 4.78 is 0. The van der Waals surface area contributed by atoms with Crippen LogP contribution in [0.3, 0.4) is 0 Å². The van der Waals surface area contributed by atoms with Crippen LogP contribution >= 0.6 is 0 Å². The third-order valence-corrected chi connectivity index (χ3v) is 3.18. The van der Waals surface area contributed by atoms with Crippen molar-refractivity contribution in [3.8, 4) is 23.3 Å². The second-order valence-corrected chi connectivity index (χ2v) is 4.69. The van der Waals surface area contributed by atoms with Crippen LogP contribution in [0, 0.1) is 11.8 Å². The predicted octanol–water partition coefficient (Wildman–Crippen LogP) is 3.09. The van der Waals surface area contributed by atoms with Crippen LogP contribution in [0.15, 0.2) is 42.5 Å². The van der Waals surface area contributed by atoms with Gasteiger partial charge < -0.3 is 10.2 Å². The highest BCUT2D eigenvalue weighted by Crippen LogP contribution is 2.28. The smallest absolute Gasteiger partial charge is 0.239 e. The molecule has 0 unspecified atom stereocenters. The van der Waals surface area contributed by atoms with Crippen LogP contribution in [-0.4, -0.2) is 16.0 Å². The molecule has 0 aliphatic carbocycles. The number of rotatable bonds is 4. The highest BCUT2D eigenvalue weighted by atomic mass is 16.3. The summed E-state index contributed by atoms with van der Waals surface area (Å²) >= 11 is 0. The van der Waals surface area contributed by atoms with Crippen molar-refractivity contribution >= 4 is 5.78 Å². The molecular formula is C18H16O3. The van der Waals surface area contributed by atoms with Crippen LogP contribution in [0.2, 0.25) is 0 Å². The number of aromatic hydroxyl groups is 2. The monoisotopic (exact) mass is 280 g/mol. The molecule has 2 aromatic rings. The average Bonchev–Trinajstić information content (AvgIpc) is 2.45. The number of carbonyl (C=O) groups is 1. The van der Waals surface area contributed by atoms with Crippen molar-refractivity contribution in [1.29, 1.82) is 0 Å². The summed E-state index contributed by atoms with van der Waals surface area (Å²) in [5, 5.41) is 19.5. The molecule has 0 aliphatic heterocycles. The highest BCUT2D eigenvalue weighted by molar-refractivity contribution is 6.11. The molecule has 0 heterocycles. The van der Waals surface area contributed by atoms with Gasteiger partial charge in [-0.25, -0.2) is 0 Å². The maximum atomic E-state index is 12.0. The zero-order chi connectivity index (χ0) is 15.2. The van der Waals surface area contributed by atoms with E-state index >= 15 is 0 Å². The zero-order valence-corrected chi connectivity index (χ0v) is 11.8. The summed E-state index contributed by atoms with van der Waals surface area (Å²) in [6, 6.07) is 12.5. The van der Waals surface area contributed by atoms with Gasteiger partial charge in [-0.15, -0.1) is 0 Å². The lowest BCUT2D eigenvalue weighted by atomic mass is 9.96. The largest absolute Gasteiger partial charge is 0.508 e. The van der Waals surface area contributed by atoms with Crippen molar-refractivity contribution in [3.05, 3.63) is 59.2 Å². The molecule has 0 saturated heterocycles. The first-order valence-electron chi connectivity index (χ1n) is 6.67. The summed E-state index contributed by atoms with van der Waals surface area (Å²) in [7, 11) is 0. The van der Waals surface area contributed by atoms with E-state index in [0.29, 0.717) is 18.4 Å². The van der Waals surface area contributed by atoms with Gasteiger partial charge in [0.2, 0.25) is 5.78 Å². The number of carbonyl (C=O) groups excluding carboxylic acids is 1. The maximum absolute atomic E-state index is 12.0. The third-order valence-electron chi connectivity index (χ3n) is 3.18. The van der Waals surface area contributed by atoms with E-state index in [4.69, 9.17) is 0 Å². The van der Waals surface area contributed by atoms with Gasteiger partial charge in [-0.1, -0.05) is 36.3 Å². The normalized spacial score (nSPS) is 9.76. The van der Waals surface area contributed by atoms with Crippen LogP contribution in [0.1, 0.15) is 28.4 Å². The number of benzene rings is 2. The van der Waals surface area contributed by atoms with Gasteiger partial charge in [0.1, 0.15) is 11.5 Å². The van der Waals surface area contributed by atoms with E-state index in [9.17, 15) is 15.0 Å². The molecule has 2 rings (SSSR count). The Bertz CT molecular complexity index is 706. The van der Waals surface area contributed by atoms with Gasteiger partial charge in [-0.05, 0) is 42.9 Å². The number of Topliss-reactive ketones (excluding diaryl/α,β-unsaturated/α-hetero) is 1. The number of ketones is 1. The molecule has 21 heavy (non-hydrogen) atoms. The van der Waals surface area contributed by atoms with E-state index in [-0.39, 0.29) is 17.1 Å². The Kier molecular flexibility index (Phi) is 4.63. The van der Waals surface area contributed by atoms with Crippen molar-refractivity contribution in [2.24, 2.45) is 0 Å². The molecule has 0 bridgehead atoms. The molecule has 0 aliphatic rings. The minimum absolute atomic E-state index is 0.0587. The minimum atomic E-state index is -0.432. The van der Waals surface area contributed by atoms with Gasteiger partial charge in [-0.2, -0.15) is 0 Å². The van der Waals surface area contributed by atoms with Gasteiger partial charge in [-0.3, -0.25) is 4.79 Å². The van der Waals surface area contributed by atoms with Crippen LogP contribution in [0.4, 0.5) is 0 Å². The maximum Gasteiger partial charge on any atom is 0.239 e. The third kappa shape index (κ3) is 3.64. The lowest BCUT2D eigenvalue weighted by Crippen LogP contribution is -2.04. The molecule has 0 radical (unpaired) electrons. The number of phenolic OH excluding ortho intramolecular Hbond substituents is 2. The summed E-state index contributed by atoms with van der Waals surface area (Å²) in [4.78, 5) is 12.0. The zero-order valence-electron chi connectivity index (χ0n) is 11.8. The Morgan fingerprint density at radius 1 is 1.10 bits per heavy atom. The molecule has 0 amide bonds. The quantitative estimate of drug-likeness (QED) is 0.514. The van der Waals surface area contributed by atoms with E-state index in [1.165, 1.54) is 6.07 Å². The molecular weight excluding hydrogens is 264 g/mol. The van der Waals surface area contributed by atoms with Gasteiger partial charge in [0.15, 0.2) is 0 Å². The van der Waals surface area contributed by atoms with E-state index in [0.717, 1.165) is 11.6 Å². The molecule has 3 heteroatoms. The number of hydrogen-bond donors (Lipinski definition) is 2. The number of aryl methyl sites for hydroxylation is 2. The molecule has 0 atom stereocenters. The fourth-order valence-electron chi connectivity index (χ4n) is 2.23. The van der Waals surface area contributed by atoms with Crippen LogP contribution in [0.25, 0.3) is 0 Å². The van der Waals surface area contributed by atoms with Crippen molar-refractivity contribution in [2.75, 3.05) is 0 Å². The van der Waals surface area contributed by atoms with Crippen molar-refractivity contribution in [1.82, 2.24) is 0 Å². The van der Waals surface area contributed by atoms with Crippen molar-refractivity contribution in [2.45, 2.75) is 19.8 Å². The van der Waals surface area contributed by atoms with Gasteiger partial charge in [0.25, 0.3) is 0 Å². The lowest BCUT2D eigenvalue weighted by Gasteiger charge is -2.09. The van der Waals surface area contributed by atoms with Gasteiger partial charge in [0, 0.05) is 6.07 Å². The highest BCUT2D eigenvalue weighted by Gasteiger charge is 2.16. The second kappa shape index (κ2) is 6.62. The molecule has 0 saturated carbocycles. The Hall–Kier alpha value is -2.73. The van der Waals surface area contributed by atoms with Crippen molar-refractivity contribution in [3.63, 3.8) is 0 Å². The Labute approximate surface area is 123 Å². The average molecular weight is 280 g/mol. The fourth-order valence-corrected chi connectivity index (χ4v) is 2.23. The van der Waals surface area contributed by atoms with E-state index in [1.54, 1.807) is 6.92 Å². The van der Waals surface area contributed by atoms with E-state index < -0.39 is 5.78 Å². The summed E-state index contributed by atoms with van der Waals surface area (Å²) in [6.45, 7) is 1.57. The standard InChI is InChI=1S/C18H16O3/c1-2-6-16(20)18-14(11-15(19)12-17(18)21)10-9-13-7-4-3-5-8-13/h3-5,7-8,11-12,19,21H,9-10H2,1H3. The first-order chi connectivity index (χ1) is 10.1. The first kappa shape index (κ1) is 14.7. The lowest BCUT2D eigenvalue weighted by molar-refractivity contribution is 0.105. The Balaban J connectivity index is 2.32. The van der Waals surface area contributed by atoms with E-state index in [1.807, 2.05) is 30.3 Å². The summed E-state index contributed by atoms with van der Waals surface area (Å²) in [6.07, 6.45) is 1.25.